The van der Waals surface area contributed by atoms with Crippen molar-refractivity contribution in [3.05, 3.63) is 83.2 Å². The van der Waals surface area contributed by atoms with Crippen LogP contribution in [0.4, 0.5) is 0 Å². The van der Waals surface area contributed by atoms with Crippen LogP contribution in [0.1, 0.15) is 54.0 Å². The molecule has 6 rings (SSSR count). The normalized spacial score (nSPS) is 22.3. The van der Waals surface area contributed by atoms with Gasteiger partial charge in [0.25, 0.3) is 0 Å². The van der Waals surface area contributed by atoms with Crippen molar-refractivity contribution in [3.8, 4) is 5.69 Å². The van der Waals surface area contributed by atoms with E-state index in [-0.39, 0.29) is 5.60 Å². The van der Waals surface area contributed by atoms with Gasteiger partial charge in [-0.15, -0.1) is 0 Å². The molecule has 1 aromatic heterocycles. The minimum atomic E-state index is -0.0234. The number of aromatic nitrogens is 2. The number of fused-ring (bicyclic) bond motifs is 3. The highest BCUT2D eigenvalue weighted by Gasteiger charge is 2.42. The second-order valence-electron chi connectivity index (χ2n) is 9.10. The summed E-state index contributed by atoms with van der Waals surface area (Å²) in [7, 11) is 0. The molecule has 1 unspecified atom stereocenters. The van der Waals surface area contributed by atoms with E-state index in [0.717, 1.165) is 39.0 Å². The van der Waals surface area contributed by atoms with Gasteiger partial charge >= 0.3 is 0 Å². The molecular formula is C26H29N3O. The summed E-state index contributed by atoms with van der Waals surface area (Å²) in [6.07, 6.45) is 7.99. The van der Waals surface area contributed by atoms with Gasteiger partial charge in [0, 0.05) is 18.8 Å². The highest BCUT2D eigenvalue weighted by atomic mass is 16.5. The van der Waals surface area contributed by atoms with Crippen LogP contribution in [-0.4, -0.2) is 34.3 Å². The van der Waals surface area contributed by atoms with Gasteiger partial charge in [-0.25, -0.2) is 4.68 Å². The summed E-state index contributed by atoms with van der Waals surface area (Å²) >= 11 is 0. The van der Waals surface area contributed by atoms with Crippen molar-refractivity contribution in [2.75, 3.05) is 19.6 Å². The summed E-state index contributed by atoms with van der Waals surface area (Å²) in [4.78, 5) is 2.65. The Labute approximate surface area is 178 Å². The van der Waals surface area contributed by atoms with E-state index in [9.17, 15) is 0 Å². The minimum absolute atomic E-state index is 0.0234. The fourth-order valence-electron chi connectivity index (χ4n) is 5.81. The fourth-order valence-corrected chi connectivity index (χ4v) is 5.81. The maximum atomic E-state index is 6.33. The van der Waals surface area contributed by atoms with Crippen LogP contribution < -0.4 is 0 Å². The molecule has 4 heteroatoms. The third kappa shape index (κ3) is 3.01. The number of nitrogens with zero attached hydrogens (tertiary/aromatic N) is 3. The van der Waals surface area contributed by atoms with Crippen molar-refractivity contribution in [3.63, 3.8) is 0 Å². The van der Waals surface area contributed by atoms with Crippen molar-refractivity contribution >= 4 is 0 Å². The molecule has 2 aromatic carbocycles. The molecule has 1 aliphatic carbocycles. The number of likely N-dealkylation sites (tertiary alicyclic amines) is 1. The zero-order chi connectivity index (χ0) is 20.0. The minimum Gasteiger partial charge on any atom is -0.365 e. The molecular weight excluding hydrogens is 370 g/mol. The quantitative estimate of drug-likeness (QED) is 0.630. The lowest BCUT2D eigenvalue weighted by Gasteiger charge is -2.39. The van der Waals surface area contributed by atoms with Gasteiger partial charge in [0.15, 0.2) is 0 Å². The number of piperidine rings is 1. The molecule has 1 fully saturated rings. The number of ether oxygens (including phenoxy) is 1. The molecule has 3 aromatic rings. The molecule has 0 saturated carbocycles. The van der Waals surface area contributed by atoms with Gasteiger partial charge in [-0.05, 0) is 73.4 Å². The Morgan fingerprint density at radius 3 is 2.67 bits per heavy atom. The first-order valence-corrected chi connectivity index (χ1v) is 11.4. The van der Waals surface area contributed by atoms with Crippen LogP contribution in [-0.2, 0) is 23.4 Å². The number of benzene rings is 2. The van der Waals surface area contributed by atoms with Crippen LogP contribution >= 0.6 is 0 Å². The van der Waals surface area contributed by atoms with Crippen LogP contribution in [0.25, 0.3) is 5.69 Å². The molecule has 3 aliphatic rings. The van der Waals surface area contributed by atoms with E-state index in [1.807, 2.05) is 0 Å². The first kappa shape index (κ1) is 18.3. The Bertz CT molecular complexity index is 1030. The second kappa shape index (κ2) is 7.36. The summed E-state index contributed by atoms with van der Waals surface area (Å²) in [6, 6.07) is 19.3. The number of hydrogen-bond acceptors (Lipinski definition) is 3. The molecule has 30 heavy (non-hydrogen) atoms. The Morgan fingerprint density at radius 1 is 1.00 bits per heavy atom. The molecule has 0 bridgehead atoms. The smallest absolute Gasteiger partial charge is 0.0963 e. The largest absolute Gasteiger partial charge is 0.365 e. The van der Waals surface area contributed by atoms with Crippen molar-refractivity contribution < 1.29 is 4.74 Å². The standard InChI is InChI=1S/C26H29N3O/c1-2-7-22(8-3-1)29-25-11-10-20(23(25)18-27-29)12-15-28-16-13-26(14-17-28)24-9-5-4-6-21(24)19-30-26/h1-9,18,20H,10-17,19H2. The van der Waals surface area contributed by atoms with E-state index in [2.05, 4.69) is 70.4 Å². The fraction of sp³-hybridized carbons (Fsp3) is 0.423. The lowest BCUT2D eigenvalue weighted by atomic mass is 9.83. The van der Waals surface area contributed by atoms with Crippen LogP contribution in [0.2, 0.25) is 0 Å². The lowest BCUT2D eigenvalue weighted by Crippen LogP contribution is -2.43. The van der Waals surface area contributed by atoms with E-state index in [1.54, 1.807) is 0 Å². The Morgan fingerprint density at radius 2 is 1.80 bits per heavy atom. The average molecular weight is 400 g/mol. The summed E-state index contributed by atoms with van der Waals surface area (Å²) in [5.41, 5.74) is 6.88. The summed E-state index contributed by atoms with van der Waals surface area (Å²) in [5.74, 6) is 0.650. The van der Waals surface area contributed by atoms with E-state index in [1.165, 1.54) is 47.5 Å². The maximum Gasteiger partial charge on any atom is 0.0963 e. The van der Waals surface area contributed by atoms with Crippen LogP contribution in [0.3, 0.4) is 0 Å². The average Bonchev–Trinajstić information content (AvgIpc) is 3.49. The van der Waals surface area contributed by atoms with Crippen LogP contribution in [0.5, 0.6) is 0 Å². The molecule has 154 valence electrons. The molecule has 3 heterocycles. The lowest BCUT2D eigenvalue weighted by molar-refractivity contribution is -0.0789. The zero-order valence-corrected chi connectivity index (χ0v) is 17.5. The summed E-state index contributed by atoms with van der Waals surface area (Å²) in [6.45, 7) is 4.24. The topological polar surface area (TPSA) is 30.3 Å². The molecule has 0 N–H and O–H groups in total. The number of para-hydroxylation sites is 1. The molecule has 0 radical (unpaired) electrons. The first-order chi connectivity index (χ1) is 14.8. The Balaban J connectivity index is 1.09. The van der Waals surface area contributed by atoms with E-state index in [0.29, 0.717) is 5.92 Å². The number of hydrogen-bond donors (Lipinski definition) is 0. The Kier molecular flexibility index (Phi) is 4.50. The van der Waals surface area contributed by atoms with E-state index in [4.69, 9.17) is 9.84 Å². The molecule has 1 atom stereocenters. The van der Waals surface area contributed by atoms with Gasteiger partial charge < -0.3 is 9.64 Å². The Hall–Kier alpha value is -2.43. The molecule has 1 spiro atoms. The number of rotatable bonds is 4. The summed E-state index contributed by atoms with van der Waals surface area (Å²) in [5, 5.41) is 4.71. The third-order valence-electron chi connectivity index (χ3n) is 7.54. The van der Waals surface area contributed by atoms with Gasteiger partial charge in [-0.1, -0.05) is 42.5 Å². The summed E-state index contributed by atoms with van der Waals surface area (Å²) < 4.78 is 8.48. The molecule has 2 aliphatic heterocycles. The van der Waals surface area contributed by atoms with E-state index >= 15 is 0 Å². The predicted octanol–water partition coefficient (Wildman–Crippen LogP) is 4.81. The van der Waals surface area contributed by atoms with Crippen molar-refractivity contribution in [2.24, 2.45) is 0 Å². The van der Waals surface area contributed by atoms with Crippen LogP contribution in [0, 0.1) is 0 Å². The monoisotopic (exact) mass is 399 g/mol. The van der Waals surface area contributed by atoms with Gasteiger partial charge in [0.1, 0.15) is 0 Å². The van der Waals surface area contributed by atoms with Crippen LogP contribution in [0.15, 0.2) is 60.8 Å². The molecule has 4 nitrogen and oxygen atoms in total. The zero-order valence-electron chi connectivity index (χ0n) is 17.5. The first-order valence-electron chi connectivity index (χ1n) is 11.4. The highest BCUT2D eigenvalue weighted by Crippen LogP contribution is 2.44. The van der Waals surface area contributed by atoms with Crippen molar-refractivity contribution in [1.82, 2.24) is 14.7 Å². The molecule has 1 saturated heterocycles. The van der Waals surface area contributed by atoms with Gasteiger partial charge in [-0.3, -0.25) is 0 Å². The molecule has 0 amide bonds. The predicted molar refractivity (Wildman–Crippen MR) is 118 cm³/mol. The third-order valence-corrected chi connectivity index (χ3v) is 7.54. The van der Waals surface area contributed by atoms with E-state index < -0.39 is 0 Å². The maximum absolute atomic E-state index is 6.33. The van der Waals surface area contributed by atoms with Crippen molar-refractivity contribution in [1.29, 1.82) is 0 Å². The van der Waals surface area contributed by atoms with Gasteiger partial charge in [-0.2, -0.15) is 5.10 Å². The highest BCUT2D eigenvalue weighted by molar-refractivity contribution is 5.38. The second-order valence-corrected chi connectivity index (χ2v) is 9.10. The van der Waals surface area contributed by atoms with Crippen molar-refractivity contribution in [2.45, 2.75) is 50.2 Å². The SMILES string of the molecule is c1ccc(-n2ncc3c2CCC3CCN2CCC3(CC2)OCc2ccccc23)cc1. The van der Waals surface area contributed by atoms with Gasteiger partial charge in [0.05, 0.1) is 24.1 Å². The van der Waals surface area contributed by atoms with Gasteiger partial charge in [0.2, 0.25) is 0 Å².